The van der Waals surface area contributed by atoms with Gasteiger partial charge >= 0.3 is 5.97 Å². The Balaban J connectivity index is 2.58. The van der Waals surface area contributed by atoms with Crippen LogP contribution in [-0.4, -0.2) is 21.0 Å². The lowest BCUT2D eigenvalue weighted by atomic mass is 10.0. The second-order valence-electron chi connectivity index (χ2n) is 5.59. The maximum Gasteiger partial charge on any atom is 0.339 e. The minimum atomic E-state index is -4.10. The zero-order chi connectivity index (χ0) is 17.0. The Labute approximate surface area is 136 Å². The Hall–Kier alpha value is -2.18. The molecule has 0 atom stereocenters. The van der Waals surface area contributed by atoms with Crippen LogP contribution in [0.2, 0.25) is 0 Å². The molecule has 0 heterocycles. The highest BCUT2D eigenvalue weighted by Gasteiger charge is 2.24. The largest absolute Gasteiger partial charge is 0.462 e. The molecule has 5 nitrogen and oxygen atoms in total. The predicted molar refractivity (Wildman–Crippen MR) is 88.4 cm³/mol. The molecule has 0 aromatic heterocycles. The zero-order valence-corrected chi connectivity index (χ0v) is 13.8. The van der Waals surface area contributed by atoms with Gasteiger partial charge in [-0.3, -0.25) is 0 Å². The summed E-state index contributed by atoms with van der Waals surface area (Å²) in [4.78, 5) is 12.0. The van der Waals surface area contributed by atoms with Crippen molar-refractivity contribution in [3.63, 3.8) is 0 Å². The summed E-state index contributed by atoms with van der Waals surface area (Å²) in [6, 6.07) is 13.5. The summed E-state index contributed by atoms with van der Waals surface area (Å²) in [5, 5.41) is 5.35. The Morgan fingerprint density at radius 3 is 2.30 bits per heavy atom. The topological polar surface area (TPSA) is 86.5 Å². The van der Waals surface area contributed by atoms with E-state index >= 15 is 0 Å². The third-order valence-electron chi connectivity index (χ3n) is 3.15. The van der Waals surface area contributed by atoms with Gasteiger partial charge in [-0.1, -0.05) is 56.3 Å². The quantitative estimate of drug-likeness (QED) is 0.852. The van der Waals surface area contributed by atoms with E-state index in [-0.39, 0.29) is 23.0 Å². The van der Waals surface area contributed by atoms with E-state index in [0.29, 0.717) is 11.1 Å². The van der Waals surface area contributed by atoms with Crippen molar-refractivity contribution in [2.45, 2.75) is 18.7 Å². The lowest BCUT2D eigenvalue weighted by Gasteiger charge is -2.13. The summed E-state index contributed by atoms with van der Waals surface area (Å²) < 4.78 is 29.3. The highest BCUT2D eigenvalue weighted by molar-refractivity contribution is 7.89. The normalized spacial score (nSPS) is 11.5. The van der Waals surface area contributed by atoms with Crippen LogP contribution in [0.1, 0.15) is 24.2 Å². The molecule has 6 heteroatoms. The van der Waals surface area contributed by atoms with Crippen LogP contribution in [0.25, 0.3) is 11.1 Å². The van der Waals surface area contributed by atoms with Crippen molar-refractivity contribution in [3.8, 4) is 11.1 Å². The van der Waals surface area contributed by atoms with Crippen molar-refractivity contribution in [2.75, 3.05) is 6.61 Å². The third kappa shape index (κ3) is 4.18. The number of ether oxygens (including phenoxy) is 1. The van der Waals surface area contributed by atoms with E-state index in [1.54, 1.807) is 36.4 Å². The van der Waals surface area contributed by atoms with Crippen LogP contribution in [0.15, 0.2) is 53.4 Å². The number of esters is 1. The molecular weight excluding hydrogens is 314 g/mol. The lowest BCUT2D eigenvalue weighted by Crippen LogP contribution is -2.20. The van der Waals surface area contributed by atoms with E-state index in [9.17, 15) is 13.2 Å². The van der Waals surface area contributed by atoms with Gasteiger partial charge in [0.15, 0.2) is 0 Å². The number of sulfonamides is 1. The Bertz CT molecular complexity index is 799. The van der Waals surface area contributed by atoms with Gasteiger partial charge in [-0.25, -0.2) is 18.4 Å². The minimum absolute atomic E-state index is 0.0468. The summed E-state index contributed by atoms with van der Waals surface area (Å²) in [5.74, 6) is -0.547. The van der Waals surface area contributed by atoms with E-state index in [2.05, 4.69) is 0 Å². The molecule has 0 bridgehead atoms. The number of carbonyl (C=O) groups is 1. The van der Waals surface area contributed by atoms with E-state index in [1.165, 1.54) is 6.07 Å². The van der Waals surface area contributed by atoms with Gasteiger partial charge in [0.2, 0.25) is 10.0 Å². The van der Waals surface area contributed by atoms with Gasteiger partial charge in [0.25, 0.3) is 0 Å². The van der Waals surface area contributed by atoms with Crippen molar-refractivity contribution in [1.82, 2.24) is 0 Å². The first-order valence-corrected chi connectivity index (χ1v) is 8.73. The maximum atomic E-state index is 12.3. The number of carbonyl (C=O) groups excluding carboxylic acids is 1. The molecule has 0 radical (unpaired) electrons. The molecule has 23 heavy (non-hydrogen) atoms. The fourth-order valence-electron chi connectivity index (χ4n) is 2.17. The molecule has 0 unspecified atom stereocenters. The van der Waals surface area contributed by atoms with Gasteiger partial charge in [0.05, 0.1) is 12.2 Å². The summed E-state index contributed by atoms with van der Waals surface area (Å²) >= 11 is 0. The van der Waals surface area contributed by atoms with Gasteiger partial charge in [0, 0.05) is 5.56 Å². The summed E-state index contributed by atoms with van der Waals surface area (Å²) in [5.41, 5.74) is 0.997. The minimum Gasteiger partial charge on any atom is -0.462 e. The van der Waals surface area contributed by atoms with Gasteiger partial charge in [-0.05, 0) is 17.5 Å². The summed E-state index contributed by atoms with van der Waals surface area (Å²) in [7, 11) is -4.10. The van der Waals surface area contributed by atoms with Crippen molar-refractivity contribution in [2.24, 2.45) is 11.1 Å². The number of rotatable bonds is 5. The Morgan fingerprint density at radius 1 is 1.09 bits per heavy atom. The van der Waals surface area contributed by atoms with Crippen LogP contribution in [0, 0.1) is 5.92 Å². The molecule has 0 amide bonds. The first-order chi connectivity index (χ1) is 10.8. The van der Waals surface area contributed by atoms with E-state index in [0.717, 1.165) is 0 Å². The van der Waals surface area contributed by atoms with Crippen molar-refractivity contribution >= 4 is 16.0 Å². The van der Waals surface area contributed by atoms with E-state index in [1.807, 2.05) is 19.9 Å². The van der Waals surface area contributed by atoms with Crippen LogP contribution in [0.5, 0.6) is 0 Å². The highest BCUT2D eigenvalue weighted by Crippen LogP contribution is 2.29. The first kappa shape index (κ1) is 17.2. The number of hydrogen-bond acceptors (Lipinski definition) is 4. The average Bonchev–Trinajstić information content (AvgIpc) is 2.51. The molecule has 0 aliphatic carbocycles. The monoisotopic (exact) mass is 333 g/mol. The van der Waals surface area contributed by atoms with E-state index in [4.69, 9.17) is 9.88 Å². The van der Waals surface area contributed by atoms with Crippen molar-refractivity contribution < 1.29 is 17.9 Å². The molecule has 2 N–H and O–H groups in total. The summed E-state index contributed by atoms with van der Waals surface area (Å²) in [6.45, 7) is 4.00. The van der Waals surface area contributed by atoms with Crippen LogP contribution in [0.3, 0.4) is 0 Å². The molecule has 122 valence electrons. The second kappa shape index (κ2) is 6.93. The molecule has 0 saturated carbocycles. The Kier molecular flexibility index (Phi) is 5.18. The number of nitrogens with two attached hydrogens (primary N) is 1. The zero-order valence-electron chi connectivity index (χ0n) is 13.0. The fraction of sp³-hybridized carbons (Fsp3) is 0.235. The van der Waals surface area contributed by atoms with Crippen molar-refractivity contribution in [3.05, 3.63) is 54.1 Å². The molecule has 0 fully saturated rings. The molecular formula is C17H19NO4S. The smallest absolute Gasteiger partial charge is 0.339 e. The molecule has 0 spiro atoms. The van der Waals surface area contributed by atoms with Crippen LogP contribution in [0.4, 0.5) is 0 Å². The second-order valence-corrected chi connectivity index (χ2v) is 7.08. The number of primary sulfonamides is 1. The van der Waals surface area contributed by atoms with Gasteiger partial charge in [-0.15, -0.1) is 0 Å². The highest BCUT2D eigenvalue weighted by atomic mass is 32.2. The molecule has 2 aromatic carbocycles. The standard InChI is InChI=1S/C17H19NO4S/c1-12(2)11-22-17(19)15-10-6-9-14(16(15)23(18,20)21)13-7-4-3-5-8-13/h3-10,12H,11H2,1-2H3,(H2,18,20,21). The molecule has 2 aromatic rings. The summed E-state index contributed by atoms with van der Waals surface area (Å²) in [6.07, 6.45) is 0. The van der Waals surface area contributed by atoms with Crippen LogP contribution in [-0.2, 0) is 14.8 Å². The molecule has 0 aliphatic heterocycles. The van der Waals surface area contributed by atoms with Crippen LogP contribution < -0.4 is 5.14 Å². The average molecular weight is 333 g/mol. The molecule has 0 aliphatic rings. The fourth-order valence-corrected chi connectivity index (χ4v) is 3.12. The third-order valence-corrected chi connectivity index (χ3v) is 4.16. The molecule has 0 saturated heterocycles. The Morgan fingerprint density at radius 2 is 1.74 bits per heavy atom. The van der Waals surface area contributed by atoms with Gasteiger partial charge in [-0.2, -0.15) is 0 Å². The van der Waals surface area contributed by atoms with Gasteiger partial charge in [0.1, 0.15) is 4.90 Å². The van der Waals surface area contributed by atoms with Crippen LogP contribution >= 0.6 is 0 Å². The first-order valence-electron chi connectivity index (χ1n) is 7.19. The van der Waals surface area contributed by atoms with Crippen molar-refractivity contribution in [1.29, 1.82) is 0 Å². The van der Waals surface area contributed by atoms with Gasteiger partial charge < -0.3 is 4.74 Å². The van der Waals surface area contributed by atoms with E-state index < -0.39 is 16.0 Å². The molecule has 2 rings (SSSR count). The maximum absolute atomic E-state index is 12.3. The SMILES string of the molecule is CC(C)COC(=O)c1cccc(-c2ccccc2)c1S(N)(=O)=O. The number of hydrogen-bond donors (Lipinski definition) is 1. The predicted octanol–water partition coefficient (Wildman–Crippen LogP) is 2.81. The number of benzene rings is 2. The lowest BCUT2D eigenvalue weighted by molar-refractivity contribution is 0.0454.